The molecule has 1 fully saturated rings. The van der Waals surface area contributed by atoms with E-state index >= 15 is 0 Å². The van der Waals surface area contributed by atoms with Crippen LogP contribution in [0.3, 0.4) is 0 Å². The zero-order chi connectivity index (χ0) is 19.7. The normalized spacial score (nSPS) is 20.6. The summed E-state index contributed by atoms with van der Waals surface area (Å²) in [5, 5.41) is 17.7. The van der Waals surface area contributed by atoms with E-state index in [0.29, 0.717) is 0 Å². The Labute approximate surface area is 155 Å². The molecule has 2 rings (SSSR count). The summed E-state index contributed by atoms with van der Waals surface area (Å²) in [4.78, 5) is 23.5. The van der Waals surface area contributed by atoms with E-state index in [1.165, 1.54) is 12.1 Å². The molecule has 1 heterocycles. The Bertz CT molecular complexity index is 649. The van der Waals surface area contributed by atoms with Crippen LogP contribution in [-0.2, 0) is 4.79 Å². The average molecular weight is 361 g/mol. The molecule has 1 aromatic rings. The number of nitro benzene ring substituents is 1. The highest BCUT2D eigenvalue weighted by molar-refractivity contribution is 5.84. The predicted octanol–water partition coefficient (Wildman–Crippen LogP) is 3.76. The van der Waals surface area contributed by atoms with Crippen LogP contribution in [0.15, 0.2) is 24.3 Å². The maximum Gasteiger partial charge on any atom is 0.269 e. The number of carbonyl (C=O) groups is 1. The maximum absolute atomic E-state index is 13.0. The van der Waals surface area contributed by atoms with Gasteiger partial charge in [-0.05, 0) is 52.0 Å². The van der Waals surface area contributed by atoms with E-state index in [0.717, 1.165) is 18.4 Å². The first-order chi connectivity index (χ1) is 11.9. The smallest absolute Gasteiger partial charge is 0.269 e. The van der Waals surface area contributed by atoms with Crippen molar-refractivity contribution in [2.45, 2.75) is 77.4 Å². The molecule has 0 radical (unpaired) electrons. The van der Waals surface area contributed by atoms with Crippen molar-refractivity contribution in [3.63, 3.8) is 0 Å². The van der Waals surface area contributed by atoms with Crippen LogP contribution in [0.1, 0.15) is 65.9 Å². The second kappa shape index (κ2) is 7.35. The first-order valence-electron chi connectivity index (χ1n) is 9.24. The van der Waals surface area contributed by atoms with E-state index < -0.39 is 4.92 Å². The van der Waals surface area contributed by atoms with Gasteiger partial charge in [0.2, 0.25) is 5.91 Å². The predicted molar refractivity (Wildman–Crippen MR) is 103 cm³/mol. The number of rotatable bonds is 5. The number of hydrogen-bond acceptors (Lipinski definition) is 4. The minimum Gasteiger partial charge on any atom is -0.353 e. The zero-order valence-electron chi connectivity index (χ0n) is 16.6. The van der Waals surface area contributed by atoms with Gasteiger partial charge in [0.25, 0.3) is 5.69 Å². The van der Waals surface area contributed by atoms with Crippen LogP contribution in [0, 0.1) is 16.0 Å². The lowest BCUT2D eigenvalue weighted by atomic mass is 9.79. The van der Waals surface area contributed by atoms with Crippen LogP contribution in [-0.4, -0.2) is 28.0 Å². The minimum atomic E-state index is -0.423. The number of non-ortho nitro benzene ring substituents is 1. The van der Waals surface area contributed by atoms with E-state index in [1.807, 2.05) is 13.8 Å². The molecular weight excluding hydrogens is 330 g/mol. The topological polar surface area (TPSA) is 84.3 Å². The molecule has 0 saturated carbocycles. The summed E-state index contributed by atoms with van der Waals surface area (Å²) < 4.78 is 0. The summed E-state index contributed by atoms with van der Waals surface area (Å²) in [5.41, 5.74) is 0.773. The molecule has 26 heavy (non-hydrogen) atoms. The SMILES string of the molecule is CC(C)C(C(=O)NC1CC(C)(C)NC(C)(C)C1)c1ccc([N+](=O)[O-])cc1. The quantitative estimate of drug-likeness (QED) is 0.618. The third kappa shape index (κ3) is 5.04. The Morgan fingerprint density at radius 2 is 1.65 bits per heavy atom. The number of nitrogens with one attached hydrogen (secondary N) is 2. The standard InChI is InChI=1S/C20H31N3O3/c1-13(2)17(14-7-9-16(10-8-14)23(25)26)18(24)21-15-11-19(3,4)22-20(5,6)12-15/h7-10,13,15,17,22H,11-12H2,1-6H3,(H,21,24). The highest BCUT2D eigenvalue weighted by Crippen LogP contribution is 2.31. The Morgan fingerprint density at radius 3 is 2.08 bits per heavy atom. The second-order valence-corrected chi connectivity index (χ2v) is 9.08. The van der Waals surface area contributed by atoms with E-state index in [1.54, 1.807) is 12.1 Å². The molecular formula is C20H31N3O3. The van der Waals surface area contributed by atoms with Crippen molar-refractivity contribution in [3.05, 3.63) is 39.9 Å². The van der Waals surface area contributed by atoms with Gasteiger partial charge in [-0.2, -0.15) is 0 Å². The van der Waals surface area contributed by atoms with Crippen molar-refractivity contribution >= 4 is 11.6 Å². The highest BCUT2D eigenvalue weighted by atomic mass is 16.6. The Hall–Kier alpha value is -1.95. The van der Waals surface area contributed by atoms with Crippen molar-refractivity contribution in [1.82, 2.24) is 10.6 Å². The molecule has 0 aliphatic carbocycles. The lowest BCUT2D eigenvalue weighted by Crippen LogP contribution is -2.62. The molecule has 6 nitrogen and oxygen atoms in total. The summed E-state index contributed by atoms with van der Waals surface area (Å²) in [7, 11) is 0. The van der Waals surface area contributed by atoms with Gasteiger partial charge in [-0.25, -0.2) is 0 Å². The van der Waals surface area contributed by atoms with E-state index in [2.05, 4.69) is 38.3 Å². The van der Waals surface area contributed by atoms with Crippen LogP contribution in [0.2, 0.25) is 0 Å². The van der Waals surface area contributed by atoms with Gasteiger partial charge in [0.05, 0.1) is 10.8 Å². The Kier molecular flexibility index (Phi) is 5.76. The van der Waals surface area contributed by atoms with Crippen molar-refractivity contribution in [2.24, 2.45) is 5.92 Å². The number of nitro groups is 1. The van der Waals surface area contributed by atoms with Gasteiger partial charge in [-0.1, -0.05) is 26.0 Å². The number of amides is 1. The highest BCUT2D eigenvalue weighted by Gasteiger charge is 2.39. The van der Waals surface area contributed by atoms with Crippen LogP contribution in [0.25, 0.3) is 0 Å². The van der Waals surface area contributed by atoms with Crippen molar-refractivity contribution < 1.29 is 9.72 Å². The Morgan fingerprint density at radius 1 is 1.15 bits per heavy atom. The van der Waals surface area contributed by atoms with Crippen molar-refractivity contribution in [2.75, 3.05) is 0 Å². The lowest BCUT2D eigenvalue weighted by Gasteiger charge is -2.47. The number of benzene rings is 1. The largest absolute Gasteiger partial charge is 0.353 e. The monoisotopic (exact) mass is 361 g/mol. The molecule has 1 unspecified atom stereocenters. The van der Waals surface area contributed by atoms with Gasteiger partial charge < -0.3 is 10.6 Å². The molecule has 0 bridgehead atoms. The fourth-order valence-corrected chi connectivity index (χ4v) is 4.36. The molecule has 1 aromatic carbocycles. The van der Waals surface area contributed by atoms with Crippen LogP contribution >= 0.6 is 0 Å². The number of piperidine rings is 1. The summed E-state index contributed by atoms with van der Waals surface area (Å²) in [5.74, 6) is -0.233. The van der Waals surface area contributed by atoms with E-state index in [-0.39, 0.29) is 40.6 Å². The lowest BCUT2D eigenvalue weighted by molar-refractivity contribution is -0.384. The molecule has 0 spiro atoms. The molecule has 1 amide bonds. The Balaban J connectivity index is 2.17. The minimum absolute atomic E-state index is 0.00708. The van der Waals surface area contributed by atoms with E-state index in [4.69, 9.17) is 0 Å². The molecule has 2 N–H and O–H groups in total. The first-order valence-corrected chi connectivity index (χ1v) is 9.24. The fraction of sp³-hybridized carbons (Fsp3) is 0.650. The van der Waals surface area contributed by atoms with Crippen LogP contribution in [0.4, 0.5) is 5.69 Å². The van der Waals surface area contributed by atoms with Gasteiger partial charge in [-0.15, -0.1) is 0 Å². The third-order valence-electron chi connectivity index (χ3n) is 4.95. The number of nitrogens with zero attached hydrogens (tertiary/aromatic N) is 1. The average Bonchev–Trinajstić information content (AvgIpc) is 2.43. The zero-order valence-corrected chi connectivity index (χ0v) is 16.6. The molecule has 1 atom stereocenters. The fourth-order valence-electron chi connectivity index (χ4n) is 4.36. The van der Waals surface area contributed by atoms with Gasteiger partial charge in [0.1, 0.15) is 0 Å². The number of carbonyl (C=O) groups excluding carboxylic acids is 1. The van der Waals surface area contributed by atoms with Gasteiger partial charge in [0, 0.05) is 29.3 Å². The van der Waals surface area contributed by atoms with Gasteiger partial charge in [0.15, 0.2) is 0 Å². The molecule has 6 heteroatoms. The third-order valence-corrected chi connectivity index (χ3v) is 4.95. The second-order valence-electron chi connectivity index (χ2n) is 9.08. The maximum atomic E-state index is 13.0. The first kappa shape index (κ1) is 20.4. The molecule has 1 aliphatic rings. The molecule has 0 aromatic heterocycles. The molecule has 144 valence electrons. The van der Waals surface area contributed by atoms with Gasteiger partial charge >= 0.3 is 0 Å². The summed E-state index contributed by atoms with van der Waals surface area (Å²) in [6.07, 6.45) is 1.74. The molecule has 1 aliphatic heterocycles. The summed E-state index contributed by atoms with van der Waals surface area (Å²) in [6, 6.07) is 6.42. The van der Waals surface area contributed by atoms with Crippen LogP contribution in [0.5, 0.6) is 0 Å². The molecule has 1 saturated heterocycles. The summed E-state index contributed by atoms with van der Waals surface area (Å²) in [6.45, 7) is 12.6. The van der Waals surface area contributed by atoms with E-state index in [9.17, 15) is 14.9 Å². The van der Waals surface area contributed by atoms with Crippen molar-refractivity contribution in [1.29, 1.82) is 0 Å². The van der Waals surface area contributed by atoms with Gasteiger partial charge in [-0.3, -0.25) is 14.9 Å². The number of hydrogen-bond donors (Lipinski definition) is 2. The summed E-state index contributed by atoms with van der Waals surface area (Å²) >= 11 is 0. The van der Waals surface area contributed by atoms with Crippen LogP contribution < -0.4 is 10.6 Å². The van der Waals surface area contributed by atoms with Crippen molar-refractivity contribution in [3.8, 4) is 0 Å².